The molecule has 102 valence electrons. The molecular formula is C12H8FN3O3S. The number of aromatic hydroxyl groups is 1. The molecule has 2 aromatic rings. The molecule has 0 radical (unpaired) electrons. The lowest BCUT2D eigenvalue weighted by molar-refractivity contribution is 0.475. The van der Waals surface area contributed by atoms with Gasteiger partial charge in [-0.05, 0) is 24.3 Å². The number of nitriles is 1. The summed E-state index contributed by atoms with van der Waals surface area (Å²) in [5.74, 6) is -1.63. The number of pyridine rings is 1. The van der Waals surface area contributed by atoms with Crippen molar-refractivity contribution in [2.24, 2.45) is 0 Å². The number of rotatable bonds is 3. The van der Waals surface area contributed by atoms with Crippen LogP contribution in [-0.4, -0.2) is 18.5 Å². The fourth-order valence-corrected chi connectivity index (χ4v) is 2.69. The van der Waals surface area contributed by atoms with Gasteiger partial charge in [0.15, 0.2) is 11.6 Å². The Labute approximate surface area is 114 Å². The predicted molar refractivity (Wildman–Crippen MR) is 67.8 cm³/mol. The predicted octanol–water partition coefficient (Wildman–Crippen LogP) is 1.60. The van der Waals surface area contributed by atoms with Crippen molar-refractivity contribution < 1.29 is 17.9 Å². The Morgan fingerprint density at radius 3 is 2.70 bits per heavy atom. The van der Waals surface area contributed by atoms with Gasteiger partial charge in [0.1, 0.15) is 22.3 Å². The molecule has 0 amide bonds. The standard InChI is InChI=1S/C12H8FN3O3S/c13-9-3-1-5-11(8(9)7-14)20(18,19)16-12-10(17)4-2-6-15-12/h1-6,17H,(H,15,16). The monoisotopic (exact) mass is 293 g/mol. The first-order chi connectivity index (χ1) is 9.45. The Morgan fingerprint density at radius 1 is 1.30 bits per heavy atom. The Hall–Kier alpha value is -2.66. The topological polar surface area (TPSA) is 103 Å². The lowest BCUT2D eigenvalue weighted by atomic mass is 10.2. The Balaban J connectivity index is 2.50. The maximum Gasteiger partial charge on any atom is 0.264 e. The molecule has 2 rings (SSSR count). The summed E-state index contributed by atoms with van der Waals surface area (Å²) in [6, 6.07) is 7.38. The molecule has 0 saturated heterocycles. The van der Waals surface area contributed by atoms with Gasteiger partial charge < -0.3 is 5.11 Å². The molecule has 0 aliphatic carbocycles. The molecule has 0 bridgehead atoms. The number of aromatic nitrogens is 1. The van der Waals surface area contributed by atoms with Gasteiger partial charge in [0, 0.05) is 6.20 Å². The number of hydrogen-bond donors (Lipinski definition) is 2. The van der Waals surface area contributed by atoms with E-state index < -0.39 is 26.3 Å². The van der Waals surface area contributed by atoms with E-state index >= 15 is 0 Å². The van der Waals surface area contributed by atoms with Crippen molar-refractivity contribution in [1.29, 1.82) is 5.26 Å². The number of benzene rings is 1. The molecule has 0 spiro atoms. The molecule has 1 aromatic heterocycles. The largest absolute Gasteiger partial charge is 0.504 e. The van der Waals surface area contributed by atoms with Crippen molar-refractivity contribution >= 4 is 15.8 Å². The molecule has 8 heteroatoms. The molecule has 6 nitrogen and oxygen atoms in total. The van der Waals surface area contributed by atoms with Crippen molar-refractivity contribution in [2.45, 2.75) is 4.90 Å². The van der Waals surface area contributed by atoms with E-state index in [0.717, 1.165) is 12.1 Å². The zero-order chi connectivity index (χ0) is 14.8. The molecule has 20 heavy (non-hydrogen) atoms. The fourth-order valence-electron chi connectivity index (χ4n) is 1.49. The number of halogens is 1. The first kappa shape index (κ1) is 13.8. The third kappa shape index (κ3) is 2.53. The average Bonchev–Trinajstić information content (AvgIpc) is 2.41. The number of anilines is 1. The maximum atomic E-state index is 13.4. The van der Waals surface area contributed by atoms with Crippen LogP contribution in [0.5, 0.6) is 5.75 Å². The molecule has 2 N–H and O–H groups in total. The van der Waals surface area contributed by atoms with Crippen LogP contribution in [0.1, 0.15) is 5.56 Å². The van der Waals surface area contributed by atoms with Gasteiger partial charge in [-0.3, -0.25) is 4.72 Å². The van der Waals surface area contributed by atoms with Crippen LogP contribution in [0, 0.1) is 17.1 Å². The minimum atomic E-state index is -4.24. The van der Waals surface area contributed by atoms with Crippen LogP contribution < -0.4 is 4.72 Å². The summed E-state index contributed by atoms with van der Waals surface area (Å²) >= 11 is 0. The normalized spacial score (nSPS) is 10.8. The minimum absolute atomic E-state index is 0.305. The van der Waals surface area contributed by atoms with Gasteiger partial charge in [-0.1, -0.05) is 6.07 Å². The summed E-state index contributed by atoms with van der Waals surface area (Å²) in [4.78, 5) is 3.13. The lowest BCUT2D eigenvalue weighted by Crippen LogP contribution is -2.16. The highest BCUT2D eigenvalue weighted by Gasteiger charge is 2.22. The molecule has 0 atom stereocenters. The van der Waals surface area contributed by atoms with Crippen LogP contribution in [0.4, 0.5) is 10.2 Å². The van der Waals surface area contributed by atoms with E-state index in [1.54, 1.807) is 0 Å². The van der Waals surface area contributed by atoms with Crippen molar-refractivity contribution in [2.75, 3.05) is 4.72 Å². The SMILES string of the molecule is N#Cc1c(F)cccc1S(=O)(=O)Nc1ncccc1O. The van der Waals surface area contributed by atoms with Gasteiger partial charge in [-0.2, -0.15) is 5.26 Å². The maximum absolute atomic E-state index is 13.4. The average molecular weight is 293 g/mol. The second kappa shape index (κ2) is 5.14. The Kier molecular flexibility index (Phi) is 3.54. The Bertz CT molecular complexity index is 800. The smallest absolute Gasteiger partial charge is 0.264 e. The highest BCUT2D eigenvalue weighted by molar-refractivity contribution is 7.92. The summed E-state index contributed by atoms with van der Waals surface area (Å²) in [5.41, 5.74) is -0.601. The highest BCUT2D eigenvalue weighted by atomic mass is 32.2. The van der Waals surface area contributed by atoms with E-state index in [2.05, 4.69) is 4.98 Å². The van der Waals surface area contributed by atoms with Crippen LogP contribution in [0.2, 0.25) is 0 Å². The van der Waals surface area contributed by atoms with E-state index in [-0.39, 0.29) is 11.6 Å². The minimum Gasteiger partial charge on any atom is -0.504 e. The molecule has 1 aromatic carbocycles. The summed E-state index contributed by atoms with van der Waals surface area (Å²) in [6.45, 7) is 0. The molecule has 0 aliphatic rings. The van der Waals surface area contributed by atoms with Gasteiger partial charge in [0.25, 0.3) is 10.0 Å². The second-order valence-electron chi connectivity index (χ2n) is 3.70. The van der Waals surface area contributed by atoms with Gasteiger partial charge in [-0.15, -0.1) is 0 Å². The number of hydrogen-bond acceptors (Lipinski definition) is 5. The molecule has 0 unspecified atom stereocenters. The molecule has 0 fully saturated rings. The number of nitrogens with zero attached hydrogens (tertiary/aromatic N) is 2. The molecule has 0 aliphatic heterocycles. The number of nitrogens with one attached hydrogen (secondary N) is 1. The van der Waals surface area contributed by atoms with E-state index in [4.69, 9.17) is 5.26 Å². The molecule has 1 heterocycles. The fraction of sp³-hybridized carbons (Fsp3) is 0. The van der Waals surface area contributed by atoms with Crippen molar-refractivity contribution in [3.8, 4) is 11.8 Å². The van der Waals surface area contributed by atoms with E-state index in [0.29, 0.717) is 0 Å². The van der Waals surface area contributed by atoms with Gasteiger partial charge in [-0.25, -0.2) is 17.8 Å². The van der Waals surface area contributed by atoms with Crippen LogP contribution in [0.15, 0.2) is 41.4 Å². The quantitative estimate of drug-likeness (QED) is 0.894. The third-order valence-electron chi connectivity index (χ3n) is 2.39. The van der Waals surface area contributed by atoms with E-state index in [1.807, 2.05) is 4.72 Å². The summed E-state index contributed by atoms with van der Waals surface area (Å²) in [6.07, 6.45) is 1.27. The summed E-state index contributed by atoms with van der Waals surface area (Å²) in [7, 11) is -4.24. The van der Waals surface area contributed by atoms with Gasteiger partial charge in [0.2, 0.25) is 0 Å². The third-order valence-corrected chi connectivity index (χ3v) is 3.78. The first-order valence-corrected chi connectivity index (χ1v) is 6.79. The van der Waals surface area contributed by atoms with E-state index in [1.165, 1.54) is 30.5 Å². The summed E-state index contributed by atoms with van der Waals surface area (Å²) < 4.78 is 39.6. The first-order valence-electron chi connectivity index (χ1n) is 5.31. The van der Waals surface area contributed by atoms with Crippen LogP contribution in [-0.2, 0) is 10.0 Å². The zero-order valence-electron chi connectivity index (χ0n) is 9.91. The Morgan fingerprint density at radius 2 is 2.05 bits per heavy atom. The van der Waals surface area contributed by atoms with Gasteiger partial charge in [0.05, 0.1) is 0 Å². The van der Waals surface area contributed by atoms with Crippen molar-refractivity contribution in [1.82, 2.24) is 4.98 Å². The second-order valence-corrected chi connectivity index (χ2v) is 5.35. The van der Waals surface area contributed by atoms with E-state index in [9.17, 15) is 17.9 Å². The van der Waals surface area contributed by atoms with Crippen LogP contribution in [0.25, 0.3) is 0 Å². The van der Waals surface area contributed by atoms with Crippen molar-refractivity contribution in [3.05, 3.63) is 47.9 Å². The highest BCUT2D eigenvalue weighted by Crippen LogP contribution is 2.24. The summed E-state index contributed by atoms with van der Waals surface area (Å²) in [5, 5.41) is 18.3. The zero-order valence-corrected chi connectivity index (χ0v) is 10.7. The van der Waals surface area contributed by atoms with Crippen LogP contribution in [0.3, 0.4) is 0 Å². The van der Waals surface area contributed by atoms with Crippen LogP contribution >= 0.6 is 0 Å². The van der Waals surface area contributed by atoms with Gasteiger partial charge >= 0.3 is 0 Å². The molecule has 0 saturated carbocycles. The lowest BCUT2D eigenvalue weighted by Gasteiger charge is -2.09. The van der Waals surface area contributed by atoms with Crippen molar-refractivity contribution in [3.63, 3.8) is 0 Å². The molecular weight excluding hydrogens is 285 g/mol. The number of sulfonamides is 1.